The summed E-state index contributed by atoms with van der Waals surface area (Å²) < 4.78 is 26.4. The van der Waals surface area contributed by atoms with Crippen molar-refractivity contribution in [3.63, 3.8) is 0 Å². The maximum Gasteiger partial charge on any atom is 0.280 e. The number of benzene rings is 1. The molecule has 3 nitrogen and oxygen atoms in total. The van der Waals surface area contributed by atoms with Crippen molar-refractivity contribution in [2.24, 2.45) is 5.92 Å². The van der Waals surface area contributed by atoms with E-state index in [1.165, 1.54) is 6.07 Å². The predicted molar refractivity (Wildman–Crippen MR) is 88.0 cm³/mol. The lowest BCUT2D eigenvalue weighted by Gasteiger charge is -2.31. The molecule has 0 saturated carbocycles. The summed E-state index contributed by atoms with van der Waals surface area (Å²) in [6.45, 7) is 3.76. The quantitative estimate of drug-likeness (QED) is 0.791. The molecule has 0 bridgehead atoms. The fraction of sp³-hybridized carbons (Fsp3) is 0.412. The molecular weight excluding hydrogens is 320 g/mol. The molecule has 1 atom stereocenters. The van der Waals surface area contributed by atoms with E-state index in [0.717, 1.165) is 31.5 Å². The zero-order valence-corrected chi connectivity index (χ0v) is 13.6. The van der Waals surface area contributed by atoms with E-state index in [1.807, 2.05) is 4.90 Å². The molecule has 2 aromatic rings. The molecule has 0 radical (unpaired) electrons. The van der Waals surface area contributed by atoms with Gasteiger partial charge in [-0.25, -0.2) is 18.7 Å². The molecule has 1 aliphatic heterocycles. The second-order valence-corrected chi connectivity index (χ2v) is 6.42. The van der Waals surface area contributed by atoms with Gasteiger partial charge in [0.1, 0.15) is 5.69 Å². The van der Waals surface area contributed by atoms with Crippen molar-refractivity contribution in [2.75, 3.05) is 18.0 Å². The maximum atomic E-state index is 13.2. The van der Waals surface area contributed by atoms with E-state index in [4.69, 9.17) is 11.6 Å². The second-order valence-electron chi connectivity index (χ2n) is 5.98. The smallest absolute Gasteiger partial charge is 0.280 e. The number of alkyl halides is 2. The molecule has 3 rings (SSSR count). The van der Waals surface area contributed by atoms with Crippen LogP contribution in [0.1, 0.15) is 31.9 Å². The van der Waals surface area contributed by atoms with E-state index >= 15 is 0 Å². The minimum atomic E-state index is -2.62. The van der Waals surface area contributed by atoms with Crippen LogP contribution in [-0.2, 0) is 0 Å². The summed E-state index contributed by atoms with van der Waals surface area (Å²) in [6, 6.07) is 8.36. The van der Waals surface area contributed by atoms with E-state index < -0.39 is 6.43 Å². The minimum Gasteiger partial charge on any atom is -0.341 e. The van der Waals surface area contributed by atoms with Crippen LogP contribution in [0, 0.1) is 5.92 Å². The number of rotatable bonds is 3. The third-order valence-electron chi connectivity index (χ3n) is 4.04. The summed E-state index contributed by atoms with van der Waals surface area (Å²) in [5, 5.41) is 0.599. The number of hydrogen-bond donors (Lipinski definition) is 0. The van der Waals surface area contributed by atoms with Crippen molar-refractivity contribution < 1.29 is 8.78 Å². The average molecular weight is 338 g/mol. The van der Waals surface area contributed by atoms with Crippen LogP contribution < -0.4 is 4.90 Å². The monoisotopic (exact) mass is 337 g/mol. The average Bonchev–Trinajstić information content (AvgIpc) is 2.55. The number of nitrogens with zero attached hydrogens (tertiary/aromatic N) is 3. The van der Waals surface area contributed by atoms with Crippen molar-refractivity contribution in [1.29, 1.82) is 0 Å². The lowest BCUT2D eigenvalue weighted by atomic mass is 10.0. The van der Waals surface area contributed by atoms with E-state index in [0.29, 0.717) is 22.6 Å². The van der Waals surface area contributed by atoms with Gasteiger partial charge in [0.25, 0.3) is 6.43 Å². The third kappa shape index (κ3) is 3.78. The van der Waals surface area contributed by atoms with Gasteiger partial charge in [-0.15, -0.1) is 0 Å². The molecule has 0 aliphatic carbocycles. The van der Waals surface area contributed by atoms with E-state index in [-0.39, 0.29) is 5.69 Å². The lowest BCUT2D eigenvalue weighted by molar-refractivity contribution is 0.146. The zero-order valence-electron chi connectivity index (χ0n) is 12.8. The van der Waals surface area contributed by atoms with Crippen LogP contribution >= 0.6 is 11.6 Å². The van der Waals surface area contributed by atoms with Gasteiger partial charge in [0, 0.05) is 23.7 Å². The summed E-state index contributed by atoms with van der Waals surface area (Å²) in [6.07, 6.45) is -0.445. The SMILES string of the molecule is CC1CCCN(c2nc(-c3ccc(Cl)cc3)cc(C(F)F)n2)C1. The fourth-order valence-corrected chi connectivity index (χ4v) is 2.97. The highest BCUT2D eigenvalue weighted by Crippen LogP contribution is 2.28. The number of anilines is 1. The van der Waals surface area contributed by atoms with Crippen LogP contribution in [0.5, 0.6) is 0 Å². The molecule has 122 valence electrons. The highest BCUT2D eigenvalue weighted by molar-refractivity contribution is 6.30. The van der Waals surface area contributed by atoms with Crippen molar-refractivity contribution >= 4 is 17.5 Å². The van der Waals surface area contributed by atoms with E-state index in [1.54, 1.807) is 24.3 Å². The first-order valence-electron chi connectivity index (χ1n) is 7.71. The van der Waals surface area contributed by atoms with E-state index in [2.05, 4.69) is 16.9 Å². The van der Waals surface area contributed by atoms with Crippen molar-refractivity contribution in [3.8, 4) is 11.3 Å². The van der Waals surface area contributed by atoms with Gasteiger partial charge in [0.05, 0.1) is 5.69 Å². The highest BCUT2D eigenvalue weighted by atomic mass is 35.5. The summed E-state index contributed by atoms with van der Waals surface area (Å²) in [5.41, 5.74) is 1.02. The second kappa shape index (κ2) is 6.79. The van der Waals surface area contributed by atoms with Gasteiger partial charge in [0.15, 0.2) is 0 Å². The summed E-state index contributed by atoms with van der Waals surface area (Å²) >= 11 is 5.89. The van der Waals surface area contributed by atoms with Crippen LogP contribution in [0.15, 0.2) is 30.3 Å². The van der Waals surface area contributed by atoms with Gasteiger partial charge in [0.2, 0.25) is 5.95 Å². The third-order valence-corrected chi connectivity index (χ3v) is 4.29. The Morgan fingerprint density at radius 1 is 1.22 bits per heavy atom. The van der Waals surface area contributed by atoms with Gasteiger partial charge in [-0.1, -0.05) is 30.7 Å². The number of hydrogen-bond acceptors (Lipinski definition) is 3. The first-order valence-corrected chi connectivity index (χ1v) is 8.09. The van der Waals surface area contributed by atoms with Crippen molar-refractivity contribution in [3.05, 3.63) is 41.0 Å². The van der Waals surface area contributed by atoms with Crippen LogP contribution in [0.3, 0.4) is 0 Å². The van der Waals surface area contributed by atoms with Gasteiger partial charge in [-0.3, -0.25) is 0 Å². The molecule has 1 fully saturated rings. The number of aromatic nitrogens is 2. The summed E-state index contributed by atoms with van der Waals surface area (Å²) in [4.78, 5) is 10.6. The molecule has 0 spiro atoms. The Labute approximate surface area is 139 Å². The standard InChI is InChI=1S/C17H18ClF2N3/c1-11-3-2-8-23(10-11)17-21-14(9-15(22-17)16(19)20)12-4-6-13(18)7-5-12/h4-7,9,11,16H,2-3,8,10H2,1H3. The van der Waals surface area contributed by atoms with Crippen molar-refractivity contribution in [2.45, 2.75) is 26.2 Å². The molecular formula is C17H18ClF2N3. The van der Waals surface area contributed by atoms with Gasteiger partial charge < -0.3 is 4.90 Å². The van der Waals surface area contributed by atoms with Crippen LogP contribution in [-0.4, -0.2) is 23.1 Å². The molecule has 0 N–H and O–H groups in total. The maximum absolute atomic E-state index is 13.2. The number of halogens is 3. The normalized spacial score (nSPS) is 18.5. The topological polar surface area (TPSA) is 29.0 Å². The first-order chi connectivity index (χ1) is 11.0. The highest BCUT2D eigenvalue weighted by Gasteiger charge is 2.21. The van der Waals surface area contributed by atoms with Crippen LogP contribution in [0.25, 0.3) is 11.3 Å². The van der Waals surface area contributed by atoms with Gasteiger partial charge >= 0.3 is 0 Å². The Hall–Kier alpha value is -1.75. The molecule has 6 heteroatoms. The Morgan fingerprint density at radius 2 is 1.96 bits per heavy atom. The molecule has 1 aromatic heterocycles. The van der Waals surface area contributed by atoms with Crippen LogP contribution in [0.4, 0.5) is 14.7 Å². The number of piperidine rings is 1. The van der Waals surface area contributed by atoms with Gasteiger partial charge in [-0.2, -0.15) is 0 Å². The summed E-state index contributed by atoms with van der Waals surface area (Å²) in [5.74, 6) is 0.904. The molecule has 23 heavy (non-hydrogen) atoms. The molecule has 0 amide bonds. The lowest BCUT2D eigenvalue weighted by Crippen LogP contribution is -2.35. The van der Waals surface area contributed by atoms with E-state index in [9.17, 15) is 8.78 Å². The Kier molecular flexibility index (Phi) is 4.76. The largest absolute Gasteiger partial charge is 0.341 e. The van der Waals surface area contributed by atoms with Crippen LogP contribution in [0.2, 0.25) is 5.02 Å². The first kappa shape index (κ1) is 16.1. The molecule has 1 aliphatic rings. The minimum absolute atomic E-state index is 0.238. The van der Waals surface area contributed by atoms with Crippen molar-refractivity contribution in [1.82, 2.24) is 9.97 Å². The Bertz CT molecular complexity index is 676. The zero-order chi connectivity index (χ0) is 16.4. The Balaban J connectivity index is 2.00. The summed E-state index contributed by atoms with van der Waals surface area (Å²) in [7, 11) is 0. The molecule has 1 aromatic carbocycles. The van der Waals surface area contributed by atoms with Gasteiger partial charge in [-0.05, 0) is 37.0 Å². The molecule has 1 unspecified atom stereocenters. The Morgan fingerprint density at radius 3 is 2.61 bits per heavy atom. The fourth-order valence-electron chi connectivity index (χ4n) is 2.85. The molecule has 2 heterocycles. The predicted octanol–water partition coefficient (Wildman–Crippen LogP) is 4.97. The molecule has 1 saturated heterocycles.